The number of hydrogen-bond donors (Lipinski definition) is 1. The Bertz CT molecular complexity index is 370. The van der Waals surface area contributed by atoms with Gasteiger partial charge in [0, 0.05) is 19.6 Å². The predicted octanol–water partition coefficient (Wildman–Crippen LogP) is 2.22. The van der Waals surface area contributed by atoms with E-state index < -0.39 is 5.60 Å². The van der Waals surface area contributed by atoms with Crippen molar-refractivity contribution in [1.82, 2.24) is 0 Å². The molecule has 88 valence electrons. The zero-order valence-corrected chi connectivity index (χ0v) is 9.50. The molecular formula is C13H17FO2. The van der Waals surface area contributed by atoms with Gasteiger partial charge in [-0.15, -0.1) is 0 Å². The van der Waals surface area contributed by atoms with Gasteiger partial charge in [0.25, 0.3) is 0 Å². The number of hydrogen-bond acceptors (Lipinski definition) is 2. The van der Waals surface area contributed by atoms with Crippen LogP contribution in [0.4, 0.5) is 4.39 Å². The van der Waals surface area contributed by atoms with E-state index in [9.17, 15) is 9.50 Å². The second-order valence-corrected chi connectivity index (χ2v) is 4.58. The summed E-state index contributed by atoms with van der Waals surface area (Å²) in [7, 11) is 0. The van der Waals surface area contributed by atoms with E-state index in [-0.39, 0.29) is 5.82 Å². The molecule has 1 N–H and O–H groups in total. The number of aliphatic hydroxyl groups is 1. The van der Waals surface area contributed by atoms with E-state index in [4.69, 9.17) is 4.74 Å². The van der Waals surface area contributed by atoms with Crippen molar-refractivity contribution < 1.29 is 14.2 Å². The van der Waals surface area contributed by atoms with Crippen molar-refractivity contribution in [2.75, 3.05) is 13.2 Å². The van der Waals surface area contributed by atoms with Gasteiger partial charge in [-0.25, -0.2) is 4.39 Å². The highest BCUT2D eigenvalue weighted by Gasteiger charge is 2.30. The molecule has 0 unspecified atom stereocenters. The lowest BCUT2D eigenvalue weighted by Crippen LogP contribution is -2.38. The van der Waals surface area contributed by atoms with Crippen molar-refractivity contribution in [2.24, 2.45) is 0 Å². The first-order chi connectivity index (χ1) is 7.59. The van der Waals surface area contributed by atoms with Gasteiger partial charge < -0.3 is 9.84 Å². The molecule has 2 nitrogen and oxygen atoms in total. The minimum Gasteiger partial charge on any atom is -0.389 e. The quantitative estimate of drug-likeness (QED) is 0.834. The number of rotatable bonds is 2. The topological polar surface area (TPSA) is 29.5 Å². The molecule has 0 amide bonds. The third kappa shape index (κ3) is 2.60. The summed E-state index contributed by atoms with van der Waals surface area (Å²) in [6, 6.07) is 4.72. The lowest BCUT2D eigenvalue weighted by molar-refractivity contribution is -0.0626. The maximum Gasteiger partial charge on any atom is 0.123 e. The normalized spacial score (nSPS) is 19.7. The van der Waals surface area contributed by atoms with Crippen LogP contribution in [0, 0.1) is 12.7 Å². The van der Waals surface area contributed by atoms with Gasteiger partial charge >= 0.3 is 0 Å². The Morgan fingerprint density at radius 3 is 2.69 bits per heavy atom. The SMILES string of the molecule is Cc1cc(F)ccc1CC1(O)CCOCC1. The molecule has 1 heterocycles. The van der Waals surface area contributed by atoms with Crippen molar-refractivity contribution in [3.8, 4) is 0 Å². The van der Waals surface area contributed by atoms with Gasteiger partial charge in [-0.1, -0.05) is 6.07 Å². The van der Waals surface area contributed by atoms with E-state index >= 15 is 0 Å². The fourth-order valence-electron chi connectivity index (χ4n) is 2.14. The van der Waals surface area contributed by atoms with Crippen LogP contribution < -0.4 is 0 Å². The zero-order chi connectivity index (χ0) is 11.6. The molecule has 1 saturated heterocycles. The summed E-state index contributed by atoms with van der Waals surface area (Å²) in [4.78, 5) is 0. The molecule has 0 atom stereocenters. The van der Waals surface area contributed by atoms with Gasteiger partial charge in [0.1, 0.15) is 5.82 Å². The number of ether oxygens (including phenoxy) is 1. The highest BCUT2D eigenvalue weighted by molar-refractivity contribution is 5.28. The number of aryl methyl sites for hydroxylation is 1. The van der Waals surface area contributed by atoms with Gasteiger partial charge in [0.05, 0.1) is 5.60 Å². The Morgan fingerprint density at radius 1 is 1.38 bits per heavy atom. The predicted molar refractivity (Wildman–Crippen MR) is 59.8 cm³/mol. The molecule has 1 aromatic carbocycles. The standard InChI is InChI=1S/C13H17FO2/c1-10-8-12(14)3-2-11(10)9-13(15)4-6-16-7-5-13/h2-3,8,15H,4-7,9H2,1H3. The van der Waals surface area contributed by atoms with Gasteiger partial charge in [0.15, 0.2) is 0 Å². The Hall–Kier alpha value is -0.930. The van der Waals surface area contributed by atoms with Crippen LogP contribution in [0.1, 0.15) is 24.0 Å². The van der Waals surface area contributed by atoms with Crippen LogP contribution in [0.15, 0.2) is 18.2 Å². The Balaban J connectivity index is 2.13. The van der Waals surface area contributed by atoms with Crippen molar-refractivity contribution in [3.63, 3.8) is 0 Å². The van der Waals surface area contributed by atoms with Crippen LogP contribution in [0.25, 0.3) is 0 Å². The molecule has 16 heavy (non-hydrogen) atoms. The van der Waals surface area contributed by atoms with Gasteiger partial charge in [0.2, 0.25) is 0 Å². The van der Waals surface area contributed by atoms with Crippen LogP contribution >= 0.6 is 0 Å². The third-order valence-corrected chi connectivity index (χ3v) is 3.25. The number of benzene rings is 1. The average Bonchev–Trinajstić information content (AvgIpc) is 2.23. The highest BCUT2D eigenvalue weighted by atomic mass is 19.1. The summed E-state index contributed by atoms with van der Waals surface area (Å²) < 4.78 is 18.2. The molecule has 3 heteroatoms. The van der Waals surface area contributed by atoms with E-state index in [0.29, 0.717) is 32.5 Å². The van der Waals surface area contributed by atoms with Crippen LogP contribution in [-0.2, 0) is 11.2 Å². The largest absolute Gasteiger partial charge is 0.389 e. The molecule has 1 fully saturated rings. The van der Waals surface area contributed by atoms with E-state index in [1.807, 2.05) is 6.92 Å². The van der Waals surface area contributed by atoms with E-state index in [1.54, 1.807) is 6.07 Å². The monoisotopic (exact) mass is 224 g/mol. The fraction of sp³-hybridized carbons (Fsp3) is 0.538. The molecule has 0 spiro atoms. The first-order valence-corrected chi connectivity index (χ1v) is 5.64. The second kappa shape index (κ2) is 4.52. The molecule has 0 aliphatic carbocycles. The smallest absolute Gasteiger partial charge is 0.123 e. The van der Waals surface area contributed by atoms with Crippen molar-refractivity contribution in [3.05, 3.63) is 35.1 Å². The fourth-order valence-corrected chi connectivity index (χ4v) is 2.14. The summed E-state index contributed by atoms with van der Waals surface area (Å²) in [5, 5.41) is 10.3. The Morgan fingerprint density at radius 2 is 2.06 bits per heavy atom. The van der Waals surface area contributed by atoms with Crippen molar-refractivity contribution in [1.29, 1.82) is 0 Å². The molecule has 1 aromatic rings. The summed E-state index contributed by atoms with van der Waals surface area (Å²) in [5.41, 5.74) is 1.24. The zero-order valence-electron chi connectivity index (χ0n) is 9.50. The van der Waals surface area contributed by atoms with Crippen LogP contribution in [0.5, 0.6) is 0 Å². The molecule has 0 radical (unpaired) electrons. The van der Waals surface area contributed by atoms with E-state index in [2.05, 4.69) is 0 Å². The Kier molecular flexibility index (Phi) is 3.26. The number of halogens is 1. The molecular weight excluding hydrogens is 207 g/mol. The maximum atomic E-state index is 12.9. The van der Waals surface area contributed by atoms with Crippen LogP contribution in [0.3, 0.4) is 0 Å². The molecule has 0 saturated carbocycles. The van der Waals surface area contributed by atoms with Gasteiger partial charge in [-0.2, -0.15) is 0 Å². The molecule has 1 aliphatic rings. The van der Waals surface area contributed by atoms with Gasteiger partial charge in [-0.05, 0) is 43.0 Å². The molecule has 0 aromatic heterocycles. The maximum absolute atomic E-state index is 12.9. The van der Waals surface area contributed by atoms with E-state index in [0.717, 1.165) is 11.1 Å². The first-order valence-electron chi connectivity index (χ1n) is 5.64. The van der Waals surface area contributed by atoms with E-state index in [1.165, 1.54) is 12.1 Å². The summed E-state index contributed by atoms with van der Waals surface area (Å²) in [6.45, 7) is 3.09. The first kappa shape index (κ1) is 11.6. The molecule has 2 rings (SSSR count). The average molecular weight is 224 g/mol. The molecule has 1 aliphatic heterocycles. The van der Waals surface area contributed by atoms with Crippen molar-refractivity contribution >= 4 is 0 Å². The Labute approximate surface area is 95.1 Å². The minimum atomic E-state index is -0.680. The van der Waals surface area contributed by atoms with Gasteiger partial charge in [-0.3, -0.25) is 0 Å². The lowest BCUT2D eigenvalue weighted by atomic mass is 9.86. The summed E-state index contributed by atoms with van der Waals surface area (Å²) in [5.74, 6) is -0.222. The lowest BCUT2D eigenvalue weighted by Gasteiger charge is -2.32. The van der Waals surface area contributed by atoms with Crippen molar-refractivity contribution in [2.45, 2.75) is 31.8 Å². The third-order valence-electron chi connectivity index (χ3n) is 3.25. The highest BCUT2D eigenvalue weighted by Crippen LogP contribution is 2.26. The summed E-state index contributed by atoms with van der Waals surface area (Å²) in [6.07, 6.45) is 1.90. The molecule has 0 bridgehead atoms. The van der Waals surface area contributed by atoms with Crippen LogP contribution in [-0.4, -0.2) is 23.9 Å². The summed E-state index contributed by atoms with van der Waals surface area (Å²) >= 11 is 0. The van der Waals surface area contributed by atoms with Crippen LogP contribution in [0.2, 0.25) is 0 Å². The minimum absolute atomic E-state index is 0.222. The second-order valence-electron chi connectivity index (χ2n) is 4.58.